The minimum absolute atomic E-state index is 0.646. The van der Waals surface area contributed by atoms with Crippen LogP contribution < -0.4 is 5.32 Å². The molecule has 2 aromatic rings. The predicted octanol–water partition coefficient (Wildman–Crippen LogP) is 3.37. The molecular weight excluding hydrogens is 242 g/mol. The maximum atomic E-state index is 5.75. The third-order valence-corrected chi connectivity index (χ3v) is 3.35. The summed E-state index contributed by atoms with van der Waals surface area (Å²) in [6, 6.07) is 3.67. The first-order chi connectivity index (χ1) is 7.78. The summed E-state index contributed by atoms with van der Waals surface area (Å²) < 4.78 is 0. The number of rotatable bonds is 4. The molecule has 0 aliphatic heterocycles. The highest BCUT2D eigenvalue weighted by atomic mass is 35.5. The van der Waals surface area contributed by atoms with Gasteiger partial charge in [-0.3, -0.25) is 0 Å². The van der Waals surface area contributed by atoms with Crippen molar-refractivity contribution in [3.05, 3.63) is 39.4 Å². The van der Waals surface area contributed by atoms with Gasteiger partial charge in [-0.1, -0.05) is 18.5 Å². The number of thiazole rings is 1. The van der Waals surface area contributed by atoms with Crippen LogP contribution in [0.4, 0.5) is 5.82 Å². The van der Waals surface area contributed by atoms with Gasteiger partial charge < -0.3 is 5.32 Å². The topological polar surface area (TPSA) is 37.8 Å². The van der Waals surface area contributed by atoms with Crippen LogP contribution in [-0.2, 0) is 13.0 Å². The zero-order valence-corrected chi connectivity index (χ0v) is 10.5. The molecular formula is C11H12ClN3S. The lowest BCUT2D eigenvalue weighted by Crippen LogP contribution is -2.01. The molecule has 0 amide bonds. The van der Waals surface area contributed by atoms with E-state index in [1.165, 1.54) is 5.01 Å². The average molecular weight is 254 g/mol. The number of aryl methyl sites for hydroxylation is 1. The first-order valence-electron chi connectivity index (χ1n) is 5.06. The van der Waals surface area contributed by atoms with E-state index in [0.717, 1.165) is 17.9 Å². The molecule has 0 fully saturated rings. The van der Waals surface area contributed by atoms with E-state index >= 15 is 0 Å². The Balaban J connectivity index is 1.94. The van der Waals surface area contributed by atoms with Gasteiger partial charge in [0.15, 0.2) is 0 Å². The van der Waals surface area contributed by atoms with Gasteiger partial charge in [-0.2, -0.15) is 0 Å². The van der Waals surface area contributed by atoms with Gasteiger partial charge in [0.25, 0.3) is 0 Å². The third kappa shape index (κ3) is 2.93. The van der Waals surface area contributed by atoms with Crippen LogP contribution in [0.3, 0.4) is 0 Å². The first-order valence-corrected chi connectivity index (χ1v) is 6.32. The van der Waals surface area contributed by atoms with Crippen LogP contribution in [0.25, 0.3) is 0 Å². The summed E-state index contributed by atoms with van der Waals surface area (Å²) in [5.41, 5.74) is 1.05. The number of halogens is 1. The van der Waals surface area contributed by atoms with Crippen molar-refractivity contribution < 1.29 is 0 Å². The molecule has 3 nitrogen and oxygen atoms in total. The summed E-state index contributed by atoms with van der Waals surface area (Å²) in [5.74, 6) is 0.815. The zero-order chi connectivity index (χ0) is 11.4. The van der Waals surface area contributed by atoms with Crippen molar-refractivity contribution in [1.82, 2.24) is 9.97 Å². The normalized spacial score (nSPS) is 10.4. The van der Waals surface area contributed by atoms with E-state index < -0.39 is 0 Å². The van der Waals surface area contributed by atoms with Crippen LogP contribution in [0.5, 0.6) is 0 Å². The van der Waals surface area contributed by atoms with E-state index in [2.05, 4.69) is 27.6 Å². The maximum Gasteiger partial charge on any atom is 0.126 e. The molecule has 0 saturated heterocycles. The Morgan fingerprint density at radius 3 is 2.94 bits per heavy atom. The highest BCUT2D eigenvalue weighted by molar-refractivity contribution is 7.09. The summed E-state index contributed by atoms with van der Waals surface area (Å²) in [6.45, 7) is 2.81. The Labute approximate surface area is 104 Å². The second-order valence-corrected chi connectivity index (χ2v) is 4.68. The van der Waals surface area contributed by atoms with Crippen molar-refractivity contribution in [3.63, 3.8) is 0 Å². The van der Waals surface area contributed by atoms with Crippen molar-refractivity contribution in [2.45, 2.75) is 19.9 Å². The molecule has 0 unspecified atom stereocenters. The Morgan fingerprint density at radius 2 is 2.31 bits per heavy atom. The van der Waals surface area contributed by atoms with Crippen molar-refractivity contribution in [1.29, 1.82) is 0 Å². The number of nitrogens with one attached hydrogen (secondary N) is 1. The quantitative estimate of drug-likeness (QED) is 0.908. The summed E-state index contributed by atoms with van der Waals surface area (Å²) >= 11 is 7.44. The first kappa shape index (κ1) is 11.4. The van der Waals surface area contributed by atoms with Gasteiger partial charge in [-0.15, -0.1) is 11.3 Å². The molecule has 0 bridgehead atoms. The Morgan fingerprint density at radius 1 is 1.44 bits per heavy atom. The average Bonchev–Trinajstić information content (AvgIpc) is 2.76. The van der Waals surface area contributed by atoms with Crippen molar-refractivity contribution in [2.24, 2.45) is 0 Å². The Bertz CT molecular complexity index is 453. The van der Waals surface area contributed by atoms with Crippen molar-refractivity contribution in [3.8, 4) is 0 Å². The van der Waals surface area contributed by atoms with Crippen LogP contribution in [0, 0.1) is 0 Å². The smallest absolute Gasteiger partial charge is 0.126 e. The fraction of sp³-hybridized carbons (Fsp3) is 0.273. The van der Waals surface area contributed by atoms with Gasteiger partial charge in [0, 0.05) is 11.6 Å². The number of anilines is 1. The second kappa shape index (κ2) is 5.27. The van der Waals surface area contributed by atoms with Gasteiger partial charge >= 0.3 is 0 Å². The molecule has 2 heterocycles. The summed E-state index contributed by atoms with van der Waals surface area (Å²) in [4.78, 5) is 8.62. The number of hydrogen-bond donors (Lipinski definition) is 1. The lowest BCUT2D eigenvalue weighted by Gasteiger charge is -2.02. The standard InChI is InChI=1S/C11H12ClN3S/c1-2-11-15-9(7-16-11)6-14-10-4-3-8(12)5-13-10/h3-5,7H,2,6H2,1H3,(H,13,14). The summed E-state index contributed by atoms with van der Waals surface area (Å²) in [6.07, 6.45) is 2.62. The maximum absolute atomic E-state index is 5.75. The summed E-state index contributed by atoms with van der Waals surface area (Å²) in [7, 11) is 0. The minimum atomic E-state index is 0.646. The highest BCUT2D eigenvalue weighted by Crippen LogP contribution is 2.13. The highest BCUT2D eigenvalue weighted by Gasteiger charge is 2.00. The van der Waals surface area contributed by atoms with E-state index in [4.69, 9.17) is 11.6 Å². The minimum Gasteiger partial charge on any atom is -0.364 e. The Hall–Kier alpha value is -1.13. The van der Waals surface area contributed by atoms with Gasteiger partial charge in [-0.25, -0.2) is 9.97 Å². The molecule has 1 N–H and O–H groups in total. The van der Waals surface area contributed by atoms with E-state index in [-0.39, 0.29) is 0 Å². The molecule has 0 spiro atoms. The molecule has 0 aliphatic carbocycles. The van der Waals surface area contributed by atoms with Crippen LogP contribution >= 0.6 is 22.9 Å². The van der Waals surface area contributed by atoms with Gasteiger partial charge in [0.2, 0.25) is 0 Å². The fourth-order valence-corrected chi connectivity index (χ4v) is 2.11. The van der Waals surface area contributed by atoms with Crippen molar-refractivity contribution >= 4 is 28.8 Å². The molecule has 5 heteroatoms. The monoisotopic (exact) mass is 253 g/mol. The van der Waals surface area contributed by atoms with E-state index in [9.17, 15) is 0 Å². The van der Waals surface area contributed by atoms with Crippen LogP contribution in [0.15, 0.2) is 23.7 Å². The lowest BCUT2D eigenvalue weighted by atomic mass is 10.4. The van der Waals surface area contributed by atoms with E-state index in [1.807, 2.05) is 12.1 Å². The zero-order valence-electron chi connectivity index (χ0n) is 8.90. The van der Waals surface area contributed by atoms with Crippen LogP contribution in [-0.4, -0.2) is 9.97 Å². The van der Waals surface area contributed by atoms with Gasteiger partial charge in [0.1, 0.15) is 5.82 Å². The second-order valence-electron chi connectivity index (χ2n) is 3.30. The SMILES string of the molecule is CCc1nc(CNc2ccc(Cl)cn2)cs1. The summed E-state index contributed by atoms with van der Waals surface area (Å²) in [5, 5.41) is 7.08. The number of pyridine rings is 1. The van der Waals surface area contributed by atoms with E-state index in [0.29, 0.717) is 11.6 Å². The predicted molar refractivity (Wildman–Crippen MR) is 68.1 cm³/mol. The molecule has 0 aliphatic rings. The van der Waals surface area contributed by atoms with E-state index in [1.54, 1.807) is 17.5 Å². The molecule has 84 valence electrons. The van der Waals surface area contributed by atoms with Gasteiger partial charge in [-0.05, 0) is 18.6 Å². The van der Waals surface area contributed by atoms with Gasteiger partial charge in [0.05, 0.1) is 22.3 Å². The molecule has 2 aromatic heterocycles. The number of aromatic nitrogens is 2. The molecule has 0 atom stereocenters. The molecule has 16 heavy (non-hydrogen) atoms. The molecule has 0 aromatic carbocycles. The lowest BCUT2D eigenvalue weighted by molar-refractivity contribution is 1.00. The Kier molecular flexibility index (Phi) is 3.74. The van der Waals surface area contributed by atoms with Crippen LogP contribution in [0.2, 0.25) is 5.02 Å². The van der Waals surface area contributed by atoms with Crippen molar-refractivity contribution in [2.75, 3.05) is 5.32 Å². The van der Waals surface area contributed by atoms with Crippen LogP contribution in [0.1, 0.15) is 17.6 Å². The number of nitrogens with zero attached hydrogens (tertiary/aromatic N) is 2. The third-order valence-electron chi connectivity index (χ3n) is 2.08. The molecule has 0 saturated carbocycles. The fourth-order valence-electron chi connectivity index (χ4n) is 1.25. The largest absolute Gasteiger partial charge is 0.364 e. The molecule has 2 rings (SSSR count). The molecule has 0 radical (unpaired) electrons. The number of hydrogen-bond acceptors (Lipinski definition) is 4.